The molecule has 0 unspecified atom stereocenters. The average Bonchev–Trinajstić information content (AvgIpc) is 2.14. The lowest BCUT2D eigenvalue weighted by Gasteiger charge is -2.11. The van der Waals surface area contributed by atoms with Gasteiger partial charge in [0.25, 0.3) is 0 Å². The van der Waals surface area contributed by atoms with Crippen molar-refractivity contribution in [2.45, 2.75) is 6.54 Å². The Morgan fingerprint density at radius 1 is 1.50 bits per heavy atom. The minimum Gasteiger partial charge on any atom is -0.334 e. The highest BCUT2D eigenvalue weighted by atomic mass is 19.1. The summed E-state index contributed by atoms with van der Waals surface area (Å²) in [5, 5.41) is 2.65. The summed E-state index contributed by atoms with van der Waals surface area (Å²) in [7, 11) is 3.31. The molecular weight excluding hydrogens is 183 g/mol. The molecule has 0 aliphatic carbocycles. The molecule has 0 aromatic heterocycles. The van der Waals surface area contributed by atoms with Crippen molar-refractivity contribution in [3.63, 3.8) is 0 Å². The van der Waals surface area contributed by atoms with Gasteiger partial charge in [0.15, 0.2) is 0 Å². The normalized spacial score (nSPS) is 9.64. The Balaban J connectivity index is 2.50. The second-order valence-corrected chi connectivity index (χ2v) is 3.18. The molecule has 4 heteroatoms. The fourth-order valence-corrected chi connectivity index (χ4v) is 0.983. The topological polar surface area (TPSA) is 32.3 Å². The average molecular weight is 196 g/mol. The van der Waals surface area contributed by atoms with Crippen molar-refractivity contribution in [2.24, 2.45) is 0 Å². The molecule has 0 aliphatic heterocycles. The number of benzene rings is 1. The van der Waals surface area contributed by atoms with E-state index in [4.69, 9.17) is 0 Å². The van der Waals surface area contributed by atoms with Gasteiger partial charge in [0.05, 0.1) is 0 Å². The van der Waals surface area contributed by atoms with E-state index in [1.165, 1.54) is 17.0 Å². The van der Waals surface area contributed by atoms with Gasteiger partial charge in [-0.2, -0.15) is 0 Å². The van der Waals surface area contributed by atoms with Crippen molar-refractivity contribution in [1.29, 1.82) is 0 Å². The number of amides is 2. The SMILES string of the molecule is CN(C)C(=O)NCc1cccc(F)c1. The van der Waals surface area contributed by atoms with Gasteiger partial charge in [-0.25, -0.2) is 9.18 Å². The monoisotopic (exact) mass is 196 g/mol. The van der Waals surface area contributed by atoms with E-state index < -0.39 is 0 Å². The lowest BCUT2D eigenvalue weighted by molar-refractivity contribution is 0.217. The maximum Gasteiger partial charge on any atom is 0.317 e. The van der Waals surface area contributed by atoms with Gasteiger partial charge >= 0.3 is 6.03 Å². The first-order chi connectivity index (χ1) is 6.59. The summed E-state index contributed by atoms with van der Waals surface area (Å²) in [5.41, 5.74) is 0.750. The Hall–Kier alpha value is -1.58. The highest BCUT2D eigenvalue weighted by Crippen LogP contribution is 2.02. The van der Waals surface area contributed by atoms with Crippen LogP contribution in [0.4, 0.5) is 9.18 Å². The summed E-state index contributed by atoms with van der Waals surface area (Å²) in [6, 6.07) is 5.97. The van der Waals surface area contributed by atoms with Crippen LogP contribution in [0.25, 0.3) is 0 Å². The van der Waals surface area contributed by atoms with Crippen molar-refractivity contribution in [2.75, 3.05) is 14.1 Å². The number of halogens is 1. The summed E-state index contributed by atoms with van der Waals surface area (Å²) < 4.78 is 12.7. The quantitative estimate of drug-likeness (QED) is 0.765. The molecule has 0 bridgehead atoms. The van der Waals surface area contributed by atoms with Crippen molar-refractivity contribution in [3.8, 4) is 0 Å². The van der Waals surface area contributed by atoms with Crippen molar-refractivity contribution >= 4 is 6.03 Å². The fraction of sp³-hybridized carbons (Fsp3) is 0.300. The smallest absolute Gasteiger partial charge is 0.317 e. The third-order valence-electron chi connectivity index (χ3n) is 1.74. The van der Waals surface area contributed by atoms with Gasteiger partial charge in [0, 0.05) is 20.6 Å². The highest BCUT2D eigenvalue weighted by Gasteiger charge is 2.02. The van der Waals surface area contributed by atoms with Gasteiger partial charge in [-0.3, -0.25) is 0 Å². The molecule has 1 aromatic carbocycles. The van der Waals surface area contributed by atoms with Crippen LogP contribution < -0.4 is 5.32 Å². The lowest BCUT2D eigenvalue weighted by atomic mass is 10.2. The Kier molecular flexibility index (Phi) is 3.45. The van der Waals surface area contributed by atoms with E-state index in [-0.39, 0.29) is 11.8 Å². The molecule has 1 N–H and O–H groups in total. The first kappa shape index (κ1) is 10.5. The Labute approximate surface area is 82.5 Å². The molecule has 1 rings (SSSR count). The summed E-state index contributed by atoms with van der Waals surface area (Å²) in [5.74, 6) is -0.290. The molecule has 0 aliphatic rings. The van der Waals surface area contributed by atoms with Crippen molar-refractivity contribution in [1.82, 2.24) is 10.2 Å². The molecule has 76 valence electrons. The maximum absolute atomic E-state index is 12.7. The zero-order chi connectivity index (χ0) is 10.6. The summed E-state index contributed by atoms with van der Waals surface area (Å²) in [6.45, 7) is 0.342. The predicted molar refractivity (Wildman–Crippen MR) is 52.3 cm³/mol. The second kappa shape index (κ2) is 4.60. The predicted octanol–water partition coefficient (Wildman–Crippen LogP) is 1.60. The molecule has 0 saturated heterocycles. The molecule has 3 nitrogen and oxygen atoms in total. The first-order valence-corrected chi connectivity index (χ1v) is 4.29. The second-order valence-electron chi connectivity index (χ2n) is 3.18. The summed E-state index contributed by atoms with van der Waals surface area (Å²) in [4.78, 5) is 12.6. The summed E-state index contributed by atoms with van der Waals surface area (Å²) in [6.07, 6.45) is 0. The molecular formula is C10H13FN2O. The van der Waals surface area contributed by atoms with Crippen LogP contribution in [0.3, 0.4) is 0 Å². The number of nitrogens with zero attached hydrogens (tertiary/aromatic N) is 1. The van der Waals surface area contributed by atoms with Crippen LogP contribution in [0.15, 0.2) is 24.3 Å². The number of urea groups is 1. The molecule has 0 atom stereocenters. The van der Waals surface area contributed by atoms with Crippen molar-refractivity contribution in [3.05, 3.63) is 35.6 Å². The van der Waals surface area contributed by atoms with E-state index in [1.807, 2.05) is 0 Å². The molecule has 0 radical (unpaired) electrons. The van der Waals surface area contributed by atoms with Crippen LogP contribution in [0.5, 0.6) is 0 Å². The lowest BCUT2D eigenvalue weighted by Crippen LogP contribution is -2.33. The minimum absolute atomic E-state index is 0.186. The van der Waals surface area contributed by atoms with Crippen LogP contribution >= 0.6 is 0 Å². The third-order valence-corrected chi connectivity index (χ3v) is 1.74. The molecule has 0 saturated carbocycles. The highest BCUT2D eigenvalue weighted by molar-refractivity contribution is 5.73. The van der Waals surface area contributed by atoms with E-state index in [1.54, 1.807) is 26.2 Å². The van der Waals surface area contributed by atoms with Crippen LogP contribution in [0.1, 0.15) is 5.56 Å². The van der Waals surface area contributed by atoms with Crippen LogP contribution in [-0.2, 0) is 6.54 Å². The van der Waals surface area contributed by atoms with Crippen LogP contribution in [0, 0.1) is 5.82 Å². The molecule has 0 spiro atoms. The van der Waals surface area contributed by atoms with Gasteiger partial charge < -0.3 is 10.2 Å². The minimum atomic E-state index is -0.290. The maximum atomic E-state index is 12.7. The van der Waals surface area contributed by atoms with E-state index in [9.17, 15) is 9.18 Å². The number of hydrogen-bond acceptors (Lipinski definition) is 1. The van der Waals surface area contributed by atoms with Crippen LogP contribution in [0.2, 0.25) is 0 Å². The number of carbonyl (C=O) groups excluding carboxylic acids is 1. The van der Waals surface area contributed by atoms with Gasteiger partial charge in [0.2, 0.25) is 0 Å². The van der Waals surface area contributed by atoms with E-state index in [0.29, 0.717) is 6.54 Å². The summed E-state index contributed by atoms with van der Waals surface area (Å²) >= 11 is 0. The van der Waals surface area contributed by atoms with Gasteiger partial charge in [0.1, 0.15) is 5.82 Å². The number of nitrogens with one attached hydrogen (secondary N) is 1. The molecule has 2 amide bonds. The fourth-order valence-electron chi connectivity index (χ4n) is 0.983. The number of rotatable bonds is 2. The molecule has 1 aromatic rings. The van der Waals surface area contributed by atoms with Gasteiger partial charge in [-0.1, -0.05) is 12.1 Å². The van der Waals surface area contributed by atoms with E-state index >= 15 is 0 Å². The molecule has 0 heterocycles. The first-order valence-electron chi connectivity index (χ1n) is 4.29. The molecule has 14 heavy (non-hydrogen) atoms. The molecule has 0 fully saturated rings. The largest absolute Gasteiger partial charge is 0.334 e. The third kappa shape index (κ3) is 3.05. The van der Waals surface area contributed by atoms with Gasteiger partial charge in [-0.05, 0) is 17.7 Å². The van der Waals surface area contributed by atoms with E-state index in [2.05, 4.69) is 5.32 Å². The Morgan fingerprint density at radius 2 is 2.21 bits per heavy atom. The number of hydrogen-bond donors (Lipinski definition) is 1. The Morgan fingerprint density at radius 3 is 2.79 bits per heavy atom. The van der Waals surface area contributed by atoms with E-state index in [0.717, 1.165) is 5.56 Å². The zero-order valence-corrected chi connectivity index (χ0v) is 8.25. The standard InChI is InChI=1S/C10H13FN2O/c1-13(2)10(14)12-7-8-4-3-5-9(11)6-8/h3-6H,7H2,1-2H3,(H,12,14). The number of carbonyl (C=O) groups is 1. The van der Waals surface area contributed by atoms with Crippen molar-refractivity contribution < 1.29 is 9.18 Å². The van der Waals surface area contributed by atoms with Crippen LogP contribution in [-0.4, -0.2) is 25.0 Å². The Bertz CT molecular complexity index is 326. The van der Waals surface area contributed by atoms with Gasteiger partial charge in [-0.15, -0.1) is 0 Å². The zero-order valence-electron chi connectivity index (χ0n) is 8.25.